The summed E-state index contributed by atoms with van der Waals surface area (Å²) in [5.41, 5.74) is 0.727. The van der Waals surface area contributed by atoms with E-state index in [4.69, 9.17) is 11.6 Å². The number of benzene rings is 1. The second-order valence-corrected chi connectivity index (χ2v) is 6.47. The van der Waals surface area contributed by atoms with Crippen LogP contribution in [0.3, 0.4) is 0 Å². The van der Waals surface area contributed by atoms with Gasteiger partial charge in [0.15, 0.2) is 0 Å². The Bertz CT molecular complexity index is 504. The third kappa shape index (κ3) is 3.97. The van der Waals surface area contributed by atoms with Gasteiger partial charge in [0.05, 0.1) is 10.9 Å². The number of aliphatic carboxylic acids is 1. The molecule has 0 saturated heterocycles. The average Bonchev–Trinajstić information content (AvgIpc) is 2.44. The van der Waals surface area contributed by atoms with Crippen molar-refractivity contribution in [3.8, 4) is 0 Å². The summed E-state index contributed by atoms with van der Waals surface area (Å²) in [6, 6.07) is 4.77. The van der Waals surface area contributed by atoms with Crippen LogP contribution in [0.5, 0.6) is 0 Å². The van der Waals surface area contributed by atoms with Crippen LogP contribution in [0.25, 0.3) is 0 Å². The Kier molecular flexibility index (Phi) is 5.63. The first-order valence-corrected chi connectivity index (χ1v) is 8.06. The second-order valence-electron chi connectivity index (χ2n) is 6.09. The average molecular weight is 313 g/mol. The highest BCUT2D eigenvalue weighted by Crippen LogP contribution is 2.39. The summed E-state index contributed by atoms with van der Waals surface area (Å²) in [6.07, 6.45) is 5.41. The van der Waals surface area contributed by atoms with Crippen molar-refractivity contribution in [1.82, 2.24) is 0 Å². The summed E-state index contributed by atoms with van der Waals surface area (Å²) in [7, 11) is 0. The maximum absolute atomic E-state index is 13.5. The Morgan fingerprint density at radius 3 is 2.86 bits per heavy atom. The van der Waals surface area contributed by atoms with E-state index in [1.807, 2.05) is 0 Å². The highest BCUT2D eigenvalue weighted by molar-refractivity contribution is 6.31. The molecule has 0 aliphatic heterocycles. The van der Waals surface area contributed by atoms with E-state index >= 15 is 0 Å². The monoisotopic (exact) mass is 312 g/mol. The lowest BCUT2D eigenvalue weighted by Crippen LogP contribution is -2.32. The van der Waals surface area contributed by atoms with Crippen molar-refractivity contribution in [2.75, 3.05) is 0 Å². The number of carboxylic acid groups (broad SMARTS) is 1. The van der Waals surface area contributed by atoms with Crippen LogP contribution in [0.4, 0.5) is 4.39 Å². The number of hydrogen-bond donors (Lipinski definition) is 1. The summed E-state index contributed by atoms with van der Waals surface area (Å²) in [5, 5.41) is 9.56. The standard InChI is InChI=1S/C17H22ClFO2/c1-2-4-11-7-8-14(17(20)21)13(9-11)10-12-5-3-6-15(19)16(12)18/h3,5-6,11,13-14H,2,4,7-10H2,1H3,(H,20,21). The van der Waals surface area contributed by atoms with Gasteiger partial charge in [-0.15, -0.1) is 0 Å². The van der Waals surface area contributed by atoms with Crippen LogP contribution in [0.2, 0.25) is 5.02 Å². The quantitative estimate of drug-likeness (QED) is 0.836. The van der Waals surface area contributed by atoms with Gasteiger partial charge >= 0.3 is 5.97 Å². The molecule has 116 valence electrons. The molecular formula is C17H22ClFO2. The first-order chi connectivity index (χ1) is 10.0. The fourth-order valence-electron chi connectivity index (χ4n) is 3.57. The Balaban J connectivity index is 2.15. The van der Waals surface area contributed by atoms with Gasteiger partial charge in [-0.05, 0) is 49.1 Å². The molecule has 1 aliphatic rings. The van der Waals surface area contributed by atoms with E-state index < -0.39 is 11.8 Å². The van der Waals surface area contributed by atoms with Gasteiger partial charge in [-0.1, -0.05) is 43.5 Å². The molecule has 1 aromatic carbocycles. The molecule has 3 atom stereocenters. The Hall–Kier alpha value is -1.09. The van der Waals surface area contributed by atoms with E-state index in [-0.39, 0.29) is 16.9 Å². The van der Waals surface area contributed by atoms with Gasteiger partial charge in [-0.25, -0.2) is 4.39 Å². The molecule has 0 aromatic heterocycles. The zero-order valence-corrected chi connectivity index (χ0v) is 13.1. The molecule has 0 radical (unpaired) electrons. The van der Waals surface area contributed by atoms with Crippen LogP contribution in [0, 0.1) is 23.6 Å². The van der Waals surface area contributed by atoms with Crippen molar-refractivity contribution >= 4 is 17.6 Å². The lowest BCUT2D eigenvalue weighted by molar-refractivity contribution is -0.145. The van der Waals surface area contributed by atoms with E-state index in [2.05, 4.69) is 6.92 Å². The van der Waals surface area contributed by atoms with Gasteiger partial charge in [0.2, 0.25) is 0 Å². The van der Waals surface area contributed by atoms with Crippen molar-refractivity contribution in [1.29, 1.82) is 0 Å². The van der Waals surface area contributed by atoms with Gasteiger partial charge in [0.1, 0.15) is 5.82 Å². The molecule has 2 nitrogen and oxygen atoms in total. The summed E-state index contributed by atoms with van der Waals surface area (Å²) in [5.74, 6) is -0.864. The molecule has 1 aromatic rings. The molecule has 0 bridgehead atoms. The molecular weight excluding hydrogens is 291 g/mol. The fraction of sp³-hybridized carbons (Fsp3) is 0.588. The first-order valence-electron chi connectivity index (χ1n) is 7.68. The zero-order valence-electron chi connectivity index (χ0n) is 12.3. The van der Waals surface area contributed by atoms with Crippen LogP contribution in [0.15, 0.2) is 18.2 Å². The summed E-state index contributed by atoms with van der Waals surface area (Å²) in [4.78, 5) is 11.5. The van der Waals surface area contributed by atoms with Crippen LogP contribution >= 0.6 is 11.6 Å². The van der Waals surface area contributed by atoms with Crippen molar-refractivity contribution in [2.24, 2.45) is 17.8 Å². The Labute approximate surface area is 130 Å². The summed E-state index contributed by atoms with van der Waals surface area (Å²) in [6.45, 7) is 2.15. The minimum atomic E-state index is -0.734. The number of carboxylic acids is 1. The van der Waals surface area contributed by atoms with E-state index in [9.17, 15) is 14.3 Å². The molecule has 0 amide bonds. The molecule has 1 saturated carbocycles. The van der Waals surface area contributed by atoms with E-state index in [0.29, 0.717) is 12.3 Å². The second kappa shape index (κ2) is 7.26. The van der Waals surface area contributed by atoms with E-state index in [1.54, 1.807) is 12.1 Å². The lowest BCUT2D eigenvalue weighted by atomic mass is 9.70. The third-order valence-corrected chi connectivity index (χ3v) is 5.04. The van der Waals surface area contributed by atoms with Gasteiger partial charge < -0.3 is 5.11 Å². The molecule has 3 unspecified atom stereocenters. The first kappa shape index (κ1) is 16.3. The molecule has 1 fully saturated rings. The normalized spacial score (nSPS) is 25.8. The zero-order chi connectivity index (χ0) is 15.4. The molecule has 0 spiro atoms. The SMILES string of the molecule is CCCC1CCC(C(=O)O)C(Cc2cccc(F)c2Cl)C1. The maximum Gasteiger partial charge on any atom is 0.306 e. The highest BCUT2D eigenvalue weighted by Gasteiger charge is 2.35. The Morgan fingerprint density at radius 1 is 1.43 bits per heavy atom. The van der Waals surface area contributed by atoms with Crippen LogP contribution in [-0.2, 0) is 11.2 Å². The topological polar surface area (TPSA) is 37.3 Å². The molecule has 0 heterocycles. The lowest BCUT2D eigenvalue weighted by Gasteiger charge is -2.34. The van der Waals surface area contributed by atoms with Crippen molar-refractivity contribution in [3.05, 3.63) is 34.6 Å². The Morgan fingerprint density at radius 2 is 2.19 bits per heavy atom. The minimum Gasteiger partial charge on any atom is -0.481 e. The molecule has 1 N–H and O–H groups in total. The fourth-order valence-corrected chi connectivity index (χ4v) is 3.77. The third-order valence-electron chi connectivity index (χ3n) is 4.62. The molecule has 4 heteroatoms. The van der Waals surface area contributed by atoms with E-state index in [0.717, 1.165) is 37.7 Å². The van der Waals surface area contributed by atoms with Gasteiger partial charge in [0, 0.05) is 0 Å². The number of hydrogen-bond acceptors (Lipinski definition) is 1. The van der Waals surface area contributed by atoms with Gasteiger partial charge in [0.25, 0.3) is 0 Å². The minimum absolute atomic E-state index is 0.0482. The predicted molar refractivity (Wildman–Crippen MR) is 82.0 cm³/mol. The summed E-state index contributed by atoms with van der Waals surface area (Å²) >= 11 is 6.01. The predicted octanol–water partition coefficient (Wildman–Crippen LogP) is 4.94. The largest absolute Gasteiger partial charge is 0.481 e. The number of carbonyl (C=O) groups is 1. The maximum atomic E-state index is 13.5. The van der Waals surface area contributed by atoms with Crippen molar-refractivity contribution in [3.63, 3.8) is 0 Å². The smallest absolute Gasteiger partial charge is 0.306 e. The van der Waals surface area contributed by atoms with Gasteiger partial charge in [-0.3, -0.25) is 4.79 Å². The number of rotatable bonds is 5. The van der Waals surface area contributed by atoms with Gasteiger partial charge in [-0.2, -0.15) is 0 Å². The summed E-state index contributed by atoms with van der Waals surface area (Å²) < 4.78 is 13.5. The van der Waals surface area contributed by atoms with Crippen molar-refractivity contribution in [2.45, 2.75) is 45.4 Å². The number of halogens is 2. The van der Waals surface area contributed by atoms with E-state index in [1.165, 1.54) is 6.07 Å². The van der Waals surface area contributed by atoms with Crippen molar-refractivity contribution < 1.29 is 14.3 Å². The molecule has 21 heavy (non-hydrogen) atoms. The van der Waals surface area contributed by atoms with Crippen LogP contribution in [0.1, 0.15) is 44.6 Å². The van der Waals surface area contributed by atoms with Crippen LogP contribution in [-0.4, -0.2) is 11.1 Å². The molecule has 1 aliphatic carbocycles. The molecule has 2 rings (SSSR count). The van der Waals surface area contributed by atoms with Crippen LogP contribution < -0.4 is 0 Å². The highest BCUT2D eigenvalue weighted by atomic mass is 35.5.